The van der Waals surface area contributed by atoms with Gasteiger partial charge in [-0.15, -0.1) is 0 Å². The molecule has 0 saturated heterocycles. The maximum atomic E-state index is 2.41. The van der Waals surface area contributed by atoms with Gasteiger partial charge in [0.15, 0.2) is 0 Å². The monoisotopic (exact) mass is 290 g/mol. The summed E-state index contributed by atoms with van der Waals surface area (Å²) in [4.78, 5) is 0. The first kappa shape index (κ1) is 18.7. The van der Waals surface area contributed by atoms with Crippen molar-refractivity contribution in [3.8, 4) is 0 Å². The molecular weight excluding hydrogens is 256 g/mol. The number of rotatable bonds is 14. The first-order valence-electron chi connectivity index (χ1n) is 7.96. The molecule has 0 aromatic rings. The van der Waals surface area contributed by atoms with E-state index in [2.05, 4.69) is 44.3 Å². The third-order valence-electron chi connectivity index (χ3n) is 3.09. The maximum absolute atomic E-state index is 2.41. The second-order valence-electron chi connectivity index (χ2n) is 5.38. The van der Waals surface area contributed by atoms with Crippen LogP contribution in [0.15, 0.2) is 0 Å². The van der Waals surface area contributed by atoms with Crippen molar-refractivity contribution in [1.82, 2.24) is 0 Å². The molecule has 0 saturated carbocycles. The van der Waals surface area contributed by atoms with Crippen LogP contribution in [-0.4, -0.2) is 23.0 Å². The van der Waals surface area contributed by atoms with Crippen LogP contribution in [0.3, 0.4) is 0 Å². The summed E-state index contributed by atoms with van der Waals surface area (Å²) in [7, 11) is 0. The maximum Gasteiger partial charge on any atom is -0.00339 e. The third kappa shape index (κ3) is 14.8. The Bertz CT molecular complexity index is 132. The molecule has 0 aliphatic heterocycles. The fraction of sp³-hybridized carbons (Fsp3) is 1.00. The van der Waals surface area contributed by atoms with Gasteiger partial charge in [-0.3, -0.25) is 0 Å². The second kappa shape index (κ2) is 15.8. The van der Waals surface area contributed by atoms with Crippen LogP contribution in [0.25, 0.3) is 0 Å². The van der Waals surface area contributed by atoms with E-state index in [4.69, 9.17) is 0 Å². The van der Waals surface area contributed by atoms with Crippen LogP contribution >= 0.6 is 23.5 Å². The zero-order valence-corrected chi connectivity index (χ0v) is 14.5. The van der Waals surface area contributed by atoms with E-state index < -0.39 is 0 Å². The van der Waals surface area contributed by atoms with Crippen LogP contribution in [0.5, 0.6) is 0 Å². The van der Waals surface area contributed by atoms with Gasteiger partial charge in [-0.1, -0.05) is 59.3 Å². The lowest BCUT2D eigenvalue weighted by atomic mass is 10.2. The highest BCUT2D eigenvalue weighted by molar-refractivity contribution is 8.00. The molecule has 0 aromatic heterocycles. The van der Waals surface area contributed by atoms with Gasteiger partial charge < -0.3 is 0 Å². The summed E-state index contributed by atoms with van der Waals surface area (Å²) in [6, 6.07) is 0. The van der Waals surface area contributed by atoms with Gasteiger partial charge in [0.05, 0.1) is 0 Å². The van der Waals surface area contributed by atoms with E-state index in [-0.39, 0.29) is 0 Å². The normalized spacial score (nSPS) is 11.3. The predicted molar refractivity (Wildman–Crippen MR) is 92.1 cm³/mol. The summed E-state index contributed by atoms with van der Waals surface area (Å²) < 4.78 is 0. The van der Waals surface area contributed by atoms with Crippen LogP contribution in [0, 0.1) is 5.92 Å². The highest BCUT2D eigenvalue weighted by Gasteiger charge is 2.02. The highest BCUT2D eigenvalue weighted by atomic mass is 32.2. The van der Waals surface area contributed by atoms with Crippen LogP contribution in [0.1, 0.15) is 72.1 Å². The Balaban J connectivity index is 3.10. The molecule has 0 aliphatic rings. The van der Waals surface area contributed by atoms with E-state index in [9.17, 15) is 0 Å². The molecule has 0 unspecified atom stereocenters. The first-order valence-corrected chi connectivity index (χ1v) is 10.3. The van der Waals surface area contributed by atoms with Crippen LogP contribution in [0.2, 0.25) is 0 Å². The Kier molecular flexibility index (Phi) is 16.4. The van der Waals surface area contributed by atoms with Gasteiger partial charge in [0.2, 0.25) is 0 Å². The zero-order chi connectivity index (χ0) is 13.5. The predicted octanol–water partition coefficient (Wildman–Crippen LogP) is 6.25. The Morgan fingerprint density at radius 3 is 1.50 bits per heavy atom. The van der Waals surface area contributed by atoms with Crippen molar-refractivity contribution in [3.05, 3.63) is 0 Å². The number of thioether (sulfide) groups is 2. The SMILES string of the molecule is CCCCCCSCC(C)CSCCCCCC. The molecule has 0 nitrogen and oxygen atoms in total. The van der Waals surface area contributed by atoms with Crippen molar-refractivity contribution in [3.63, 3.8) is 0 Å². The minimum atomic E-state index is 0.900. The summed E-state index contributed by atoms with van der Waals surface area (Å²) in [5.41, 5.74) is 0. The van der Waals surface area contributed by atoms with E-state index in [0.29, 0.717) is 0 Å². The topological polar surface area (TPSA) is 0 Å². The first-order chi connectivity index (χ1) is 8.81. The Labute approximate surface area is 124 Å². The molecule has 0 spiro atoms. The summed E-state index contributed by atoms with van der Waals surface area (Å²) in [6.07, 6.45) is 11.3. The average Bonchev–Trinajstić information content (AvgIpc) is 2.38. The molecule has 0 atom stereocenters. The molecule has 110 valence electrons. The molecule has 0 rings (SSSR count). The third-order valence-corrected chi connectivity index (χ3v) is 5.85. The zero-order valence-electron chi connectivity index (χ0n) is 12.9. The van der Waals surface area contributed by atoms with E-state index in [1.54, 1.807) is 0 Å². The van der Waals surface area contributed by atoms with E-state index in [1.165, 1.54) is 74.4 Å². The van der Waals surface area contributed by atoms with Crippen molar-refractivity contribution in [2.75, 3.05) is 23.0 Å². The molecule has 0 aromatic carbocycles. The van der Waals surface area contributed by atoms with Gasteiger partial charge >= 0.3 is 0 Å². The molecule has 18 heavy (non-hydrogen) atoms. The average molecular weight is 291 g/mol. The van der Waals surface area contributed by atoms with Gasteiger partial charge in [0.1, 0.15) is 0 Å². The smallest absolute Gasteiger partial charge is 0.00339 e. The molecule has 0 heterocycles. The van der Waals surface area contributed by atoms with E-state index >= 15 is 0 Å². The van der Waals surface area contributed by atoms with Crippen molar-refractivity contribution < 1.29 is 0 Å². The Morgan fingerprint density at radius 2 is 1.11 bits per heavy atom. The molecule has 0 amide bonds. The number of hydrogen-bond donors (Lipinski definition) is 0. The van der Waals surface area contributed by atoms with Crippen molar-refractivity contribution in [2.24, 2.45) is 5.92 Å². The quantitative estimate of drug-likeness (QED) is 0.347. The largest absolute Gasteiger partial charge is 0.162 e. The van der Waals surface area contributed by atoms with Crippen molar-refractivity contribution in [2.45, 2.75) is 72.1 Å². The van der Waals surface area contributed by atoms with Crippen molar-refractivity contribution in [1.29, 1.82) is 0 Å². The second-order valence-corrected chi connectivity index (χ2v) is 7.68. The molecule has 0 radical (unpaired) electrons. The fourth-order valence-electron chi connectivity index (χ4n) is 1.88. The van der Waals surface area contributed by atoms with E-state index in [1.807, 2.05) is 0 Å². The van der Waals surface area contributed by atoms with Crippen LogP contribution < -0.4 is 0 Å². The molecule has 0 N–H and O–H groups in total. The van der Waals surface area contributed by atoms with Crippen LogP contribution in [-0.2, 0) is 0 Å². The van der Waals surface area contributed by atoms with Crippen molar-refractivity contribution >= 4 is 23.5 Å². The minimum absolute atomic E-state index is 0.900. The summed E-state index contributed by atoms with van der Waals surface area (Å²) in [5, 5.41) is 0. The van der Waals surface area contributed by atoms with E-state index in [0.717, 1.165) is 5.92 Å². The molecule has 2 heteroatoms. The number of hydrogen-bond acceptors (Lipinski definition) is 2. The van der Waals surface area contributed by atoms with Crippen LogP contribution in [0.4, 0.5) is 0 Å². The minimum Gasteiger partial charge on any atom is -0.162 e. The number of unbranched alkanes of at least 4 members (excludes halogenated alkanes) is 6. The molecule has 0 bridgehead atoms. The Morgan fingerprint density at radius 1 is 0.667 bits per heavy atom. The van der Waals surface area contributed by atoms with Gasteiger partial charge in [-0.05, 0) is 41.8 Å². The lowest BCUT2D eigenvalue weighted by Gasteiger charge is -2.10. The van der Waals surface area contributed by atoms with Gasteiger partial charge in [0, 0.05) is 0 Å². The fourth-order valence-corrected chi connectivity index (χ4v) is 4.22. The summed E-state index contributed by atoms with van der Waals surface area (Å²) >= 11 is 4.34. The van der Waals surface area contributed by atoms with Gasteiger partial charge in [-0.2, -0.15) is 23.5 Å². The summed E-state index contributed by atoms with van der Waals surface area (Å²) in [6.45, 7) is 6.98. The summed E-state index contributed by atoms with van der Waals surface area (Å²) in [5.74, 6) is 6.40. The standard InChI is InChI=1S/C16H34S2/c1-4-6-8-10-12-17-14-16(3)15-18-13-11-9-7-5-2/h16H,4-15H2,1-3H3. The highest BCUT2D eigenvalue weighted by Crippen LogP contribution is 2.17. The van der Waals surface area contributed by atoms with Gasteiger partial charge in [0.25, 0.3) is 0 Å². The lowest BCUT2D eigenvalue weighted by molar-refractivity contribution is 0.702. The molecular formula is C16H34S2. The molecule has 0 aliphatic carbocycles. The van der Waals surface area contributed by atoms with Gasteiger partial charge in [-0.25, -0.2) is 0 Å². The lowest BCUT2D eigenvalue weighted by Crippen LogP contribution is -2.03. The Hall–Kier alpha value is 0.700. The molecule has 0 fully saturated rings.